The molecule has 5 aliphatic rings. The number of allylic oxidation sites excluding steroid dienone is 1. The lowest BCUT2D eigenvalue weighted by Gasteiger charge is -2.73. The number of ether oxygens (including phenoxy) is 1. The average Bonchev–Trinajstić information content (AvgIpc) is 3.30. The molecule has 0 aromatic rings. The first kappa shape index (κ1) is 35.0. The molecule has 0 saturated heterocycles. The van der Waals surface area contributed by atoms with Crippen LogP contribution in [0.4, 0.5) is 0 Å². The van der Waals surface area contributed by atoms with Crippen LogP contribution < -0.4 is 5.32 Å². The first-order valence-corrected chi connectivity index (χ1v) is 18.6. The van der Waals surface area contributed by atoms with Gasteiger partial charge in [0.1, 0.15) is 6.10 Å². The second-order valence-electron chi connectivity index (χ2n) is 19.0. The highest BCUT2D eigenvalue weighted by Gasteiger charge is 2.71. The molecule has 45 heavy (non-hydrogen) atoms. The summed E-state index contributed by atoms with van der Waals surface area (Å²) in [6, 6.07) is 0. The lowest BCUT2D eigenvalue weighted by molar-refractivity contribution is -0.250. The van der Waals surface area contributed by atoms with Crippen LogP contribution in [0.25, 0.3) is 0 Å². The predicted molar refractivity (Wildman–Crippen MR) is 183 cm³/mol. The van der Waals surface area contributed by atoms with Gasteiger partial charge in [-0.1, -0.05) is 60.6 Å². The lowest BCUT2D eigenvalue weighted by atomic mass is 9.32. The van der Waals surface area contributed by atoms with Crippen LogP contribution in [0.5, 0.6) is 0 Å². The minimum Gasteiger partial charge on any atom is -0.481 e. The van der Waals surface area contributed by atoms with Crippen molar-refractivity contribution in [2.75, 3.05) is 13.6 Å². The van der Waals surface area contributed by atoms with Gasteiger partial charge >= 0.3 is 11.9 Å². The molecule has 0 bridgehead atoms. The first-order valence-electron chi connectivity index (χ1n) is 18.6. The molecule has 0 heterocycles. The van der Waals surface area contributed by atoms with Gasteiger partial charge in [0.25, 0.3) is 0 Å². The number of nitrogens with one attached hydrogen (secondary N) is 1. The van der Waals surface area contributed by atoms with Gasteiger partial charge in [0, 0.05) is 5.41 Å². The van der Waals surface area contributed by atoms with Crippen molar-refractivity contribution < 1.29 is 19.4 Å². The number of carboxylic acid groups (broad SMARTS) is 1. The number of rotatable bonds is 10. The number of esters is 1. The average molecular weight is 626 g/mol. The second-order valence-corrected chi connectivity index (χ2v) is 19.0. The molecule has 5 fully saturated rings. The van der Waals surface area contributed by atoms with Crippen molar-refractivity contribution in [3.05, 3.63) is 12.2 Å². The van der Waals surface area contributed by atoms with E-state index in [0.29, 0.717) is 34.0 Å². The third-order valence-corrected chi connectivity index (χ3v) is 15.8. The summed E-state index contributed by atoms with van der Waals surface area (Å²) in [7, 11) is 2.10. The normalized spacial score (nSPS) is 43.8. The molecule has 256 valence electrons. The maximum atomic E-state index is 13.2. The summed E-state index contributed by atoms with van der Waals surface area (Å²) < 4.78 is 6.27. The summed E-state index contributed by atoms with van der Waals surface area (Å²) in [5.41, 5.74) is 2.12. The Morgan fingerprint density at radius 2 is 1.60 bits per heavy atom. The Morgan fingerprint density at radius 1 is 0.889 bits per heavy atom. The van der Waals surface area contributed by atoms with Gasteiger partial charge in [0.05, 0.1) is 12.8 Å². The van der Waals surface area contributed by atoms with E-state index in [4.69, 9.17) is 4.74 Å². The molecule has 0 aliphatic heterocycles. The molecule has 5 aliphatic carbocycles. The van der Waals surface area contributed by atoms with E-state index >= 15 is 0 Å². The van der Waals surface area contributed by atoms with E-state index in [-0.39, 0.29) is 35.7 Å². The summed E-state index contributed by atoms with van der Waals surface area (Å²) in [5, 5.41) is 12.7. The molecule has 0 spiro atoms. The second kappa shape index (κ2) is 12.0. The van der Waals surface area contributed by atoms with Crippen molar-refractivity contribution in [1.29, 1.82) is 0 Å². The summed E-state index contributed by atoms with van der Waals surface area (Å²) in [6.45, 7) is 24.5. The molecule has 5 nitrogen and oxygen atoms in total. The highest BCUT2D eigenvalue weighted by atomic mass is 16.5. The zero-order valence-electron chi connectivity index (χ0n) is 30.4. The highest BCUT2D eigenvalue weighted by molar-refractivity contribution is 5.73. The standard InChI is InChI=1S/C40H67NO4/c1-26(2)27-14-20-40(17-11-23-41-10)22-21-38(8)28(34(27)40)12-13-30-37(7)18-16-31(36(5,6)29(37)15-19-39(30,38)9)45-33(44)25-35(3,4)24-32(42)43/h27-31,34,41H,1,11-25H2,2-10H3,(H,42,43)/t27-,28+,29-,30+,31-,34+,37-,38+,39+,40+/m0/s1. The van der Waals surface area contributed by atoms with Crippen LogP contribution in [0.1, 0.15) is 145 Å². The zero-order chi connectivity index (χ0) is 33.2. The molecule has 10 atom stereocenters. The number of carboxylic acids is 1. The quantitative estimate of drug-likeness (QED) is 0.144. The SMILES string of the molecule is C=C(C)[C@@H]1CC[C@]2(CCCNC)CC[C@]3(C)[C@H](CC[C@@H]4[C@@]5(C)CC[C@H](OC(=O)CC(C)(C)CC(=O)O)C(C)(C)[C@@H]5CC[C@]43C)[C@@H]12. The maximum absolute atomic E-state index is 13.2. The van der Waals surface area contributed by atoms with E-state index in [9.17, 15) is 14.7 Å². The van der Waals surface area contributed by atoms with Gasteiger partial charge in [0.2, 0.25) is 0 Å². The fourth-order valence-electron chi connectivity index (χ4n) is 13.6. The van der Waals surface area contributed by atoms with Gasteiger partial charge in [-0.25, -0.2) is 0 Å². The molecule has 0 unspecified atom stereocenters. The molecule has 0 aromatic heterocycles. The van der Waals surface area contributed by atoms with E-state index < -0.39 is 11.4 Å². The molecule has 0 aromatic carbocycles. The van der Waals surface area contributed by atoms with Crippen molar-refractivity contribution >= 4 is 11.9 Å². The molecule has 5 heteroatoms. The number of hydrogen-bond donors (Lipinski definition) is 2. The molecule has 5 saturated carbocycles. The van der Waals surface area contributed by atoms with Crippen molar-refractivity contribution in [1.82, 2.24) is 5.32 Å². The Kier molecular flexibility index (Phi) is 9.29. The summed E-state index contributed by atoms with van der Waals surface area (Å²) in [4.78, 5) is 24.5. The Morgan fingerprint density at radius 3 is 2.24 bits per heavy atom. The van der Waals surface area contributed by atoms with Gasteiger partial charge in [-0.15, -0.1) is 0 Å². The van der Waals surface area contributed by atoms with Gasteiger partial charge in [-0.3, -0.25) is 9.59 Å². The maximum Gasteiger partial charge on any atom is 0.306 e. The summed E-state index contributed by atoms with van der Waals surface area (Å²) >= 11 is 0. The molecule has 2 N–H and O–H groups in total. The number of hydrogen-bond acceptors (Lipinski definition) is 4. The fourth-order valence-corrected chi connectivity index (χ4v) is 13.6. The first-order chi connectivity index (χ1) is 20.9. The lowest BCUT2D eigenvalue weighted by Crippen LogP contribution is -2.66. The summed E-state index contributed by atoms with van der Waals surface area (Å²) in [6.07, 6.45) is 15.4. The Bertz CT molecular complexity index is 1160. The van der Waals surface area contributed by atoms with Gasteiger partial charge in [-0.05, 0) is 154 Å². The van der Waals surface area contributed by atoms with Crippen molar-refractivity contribution in [2.45, 2.75) is 151 Å². The van der Waals surface area contributed by atoms with Crippen molar-refractivity contribution in [3.63, 3.8) is 0 Å². The highest BCUT2D eigenvalue weighted by Crippen LogP contribution is 2.78. The Balaban J connectivity index is 1.38. The topological polar surface area (TPSA) is 75.6 Å². The summed E-state index contributed by atoms with van der Waals surface area (Å²) in [5.74, 6) is 2.35. The fraction of sp³-hybridized carbons (Fsp3) is 0.900. The number of fused-ring (bicyclic) bond motifs is 7. The van der Waals surface area contributed by atoms with Gasteiger partial charge < -0.3 is 15.2 Å². The smallest absolute Gasteiger partial charge is 0.306 e. The van der Waals surface area contributed by atoms with Crippen LogP contribution in [-0.2, 0) is 14.3 Å². The van der Waals surface area contributed by atoms with E-state index in [0.717, 1.165) is 31.2 Å². The third-order valence-electron chi connectivity index (χ3n) is 15.8. The number of carbonyl (C=O) groups is 2. The van der Waals surface area contributed by atoms with Crippen LogP contribution in [0.2, 0.25) is 0 Å². The third kappa shape index (κ3) is 5.65. The number of aliphatic carboxylic acids is 1. The molecular weight excluding hydrogens is 558 g/mol. The van der Waals surface area contributed by atoms with Crippen LogP contribution in [0.3, 0.4) is 0 Å². The van der Waals surface area contributed by atoms with Crippen LogP contribution in [-0.4, -0.2) is 36.7 Å². The van der Waals surface area contributed by atoms with Crippen molar-refractivity contribution in [3.8, 4) is 0 Å². The molecule has 0 amide bonds. The van der Waals surface area contributed by atoms with Crippen LogP contribution in [0.15, 0.2) is 12.2 Å². The largest absolute Gasteiger partial charge is 0.481 e. The molecular formula is C40H67NO4. The molecule has 0 radical (unpaired) electrons. The van der Waals surface area contributed by atoms with E-state index in [1.54, 1.807) is 0 Å². The Hall–Kier alpha value is -1.36. The van der Waals surface area contributed by atoms with Gasteiger partial charge in [-0.2, -0.15) is 0 Å². The van der Waals surface area contributed by atoms with Gasteiger partial charge in [0.15, 0.2) is 0 Å². The van der Waals surface area contributed by atoms with Crippen LogP contribution >= 0.6 is 0 Å². The Labute approximate surface area is 275 Å². The monoisotopic (exact) mass is 626 g/mol. The van der Waals surface area contributed by atoms with E-state index in [1.165, 1.54) is 69.8 Å². The number of carbonyl (C=O) groups excluding carboxylic acids is 1. The minimum absolute atomic E-state index is 0.0259. The van der Waals surface area contributed by atoms with Crippen LogP contribution in [0, 0.1) is 62.1 Å². The molecule has 5 rings (SSSR count). The predicted octanol–water partition coefficient (Wildman–Crippen LogP) is 9.45. The van der Waals surface area contributed by atoms with E-state index in [1.807, 2.05) is 13.8 Å². The van der Waals surface area contributed by atoms with E-state index in [2.05, 4.69) is 60.5 Å². The zero-order valence-corrected chi connectivity index (χ0v) is 30.4. The minimum atomic E-state index is -0.865. The van der Waals surface area contributed by atoms with Crippen molar-refractivity contribution in [2.24, 2.45) is 62.1 Å².